The number of amides is 1. The summed E-state index contributed by atoms with van der Waals surface area (Å²) in [6.45, 7) is 1.69. The van der Waals surface area contributed by atoms with E-state index in [4.69, 9.17) is 4.42 Å². The number of hydrogen-bond acceptors (Lipinski definition) is 4. The van der Waals surface area contributed by atoms with Crippen molar-refractivity contribution in [2.75, 3.05) is 6.54 Å². The molecule has 6 heteroatoms. The molecule has 0 aliphatic carbocycles. The van der Waals surface area contributed by atoms with Crippen LogP contribution in [0.2, 0.25) is 0 Å². The number of rotatable bonds is 4. The molecule has 1 unspecified atom stereocenters. The Kier molecular flexibility index (Phi) is 3.46. The highest BCUT2D eigenvalue weighted by Gasteiger charge is 2.26. The van der Waals surface area contributed by atoms with Gasteiger partial charge in [-0.15, -0.1) is 0 Å². The molecule has 2 N–H and O–H groups in total. The summed E-state index contributed by atoms with van der Waals surface area (Å²) >= 11 is 0. The third kappa shape index (κ3) is 2.73. The first-order chi connectivity index (χ1) is 10.5. The highest BCUT2D eigenvalue weighted by atomic mass is 16.3. The van der Waals surface area contributed by atoms with Crippen molar-refractivity contribution in [1.29, 1.82) is 0 Å². The van der Waals surface area contributed by atoms with Gasteiger partial charge in [0, 0.05) is 24.2 Å². The van der Waals surface area contributed by atoms with Crippen LogP contribution in [-0.4, -0.2) is 27.3 Å². The van der Waals surface area contributed by atoms with E-state index in [9.17, 15) is 9.90 Å². The van der Waals surface area contributed by atoms with Gasteiger partial charge < -0.3 is 14.8 Å². The quantitative estimate of drug-likeness (QED) is 0.770. The molecule has 0 spiro atoms. The first-order valence-electron chi connectivity index (χ1n) is 6.94. The van der Waals surface area contributed by atoms with Crippen molar-refractivity contribution in [3.8, 4) is 0 Å². The van der Waals surface area contributed by atoms with E-state index in [-0.39, 0.29) is 18.2 Å². The average Bonchev–Trinajstić information content (AvgIpc) is 3.11. The van der Waals surface area contributed by atoms with Gasteiger partial charge in [0.2, 0.25) is 0 Å². The lowest BCUT2D eigenvalue weighted by Crippen LogP contribution is -2.38. The Bertz CT molecular complexity index is 784. The number of furan rings is 1. The second kappa shape index (κ2) is 5.31. The van der Waals surface area contributed by atoms with Crippen LogP contribution in [0, 0.1) is 0 Å². The van der Waals surface area contributed by atoms with E-state index in [0.717, 1.165) is 5.39 Å². The molecule has 1 atom stereocenters. The fraction of sp³-hybridized carbons (Fsp3) is 0.250. The predicted octanol–water partition coefficient (Wildman–Crippen LogP) is 1.80. The minimum absolute atomic E-state index is 0.0641. The smallest absolute Gasteiger partial charge is 0.287 e. The zero-order valence-corrected chi connectivity index (χ0v) is 12.4. The molecule has 0 aliphatic heterocycles. The van der Waals surface area contributed by atoms with E-state index in [1.165, 1.54) is 0 Å². The molecule has 6 nitrogen and oxygen atoms in total. The maximum atomic E-state index is 12.2. The largest absolute Gasteiger partial charge is 0.451 e. The standard InChI is InChI=1S/C16H17N3O3/c1-16(21,12-8-18-19(2)9-12)10-17-15(20)14-7-11-5-3-4-6-13(11)22-14/h3-9,21H,10H2,1-2H3,(H,17,20). The minimum Gasteiger partial charge on any atom is -0.451 e. The number of nitrogens with one attached hydrogen (secondary N) is 1. The number of hydrogen-bond donors (Lipinski definition) is 2. The fourth-order valence-corrected chi connectivity index (χ4v) is 2.23. The molecule has 0 bridgehead atoms. The van der Waals surface area contributed by atoms with Gasteiger partial charge in [-0.25, -0.2) is 0 Å². The fourth-order valence-electron chi connectivity index (χ4n) is 2.23. The average molecular weight is 299 g/mol. The maximum Gasteiger partial charge on any atom is 0.287 e. The normalized spacial score (nSPS) is 14.0. The molecule has 2 heterocycles. The van der Waals surface area contributed by atoms with E-state index in [0.29, 0.717) is 11.1 Å². The van der Waals surface area contributed by atoms with Crippen LogP contribution >= 0.6 is 0 Å². The Morgan fingerprint density at radius 1 is 1.45 bits per heavy atom. The number of para-hydroxylation sites is 1. The monoisotopic (exact) mass is 299 g/mol. The van der Waals surface area contributed by atoms with E-state index in [1.807, 2.05) is 18.2 Å². The SMILES string of the molecule is Cn1cc(C(C)(O)CNC(=O)c2cc3ccccc3o2)cn1. The van der Waals surface area contributed by atoms with Crippen LogP contribution in [0.25, 0.3) is 11.0 Å². The van der Waals surface area contributed by atoms with E-state index in [2.05, 4.69) is 10.4 Å². The van der Waals surface area contributed by atoms with Crippen LogP contribution in [0.5, 0.6) is 0 Å². The second-order valence-electron chi connectivity index (χ2n) is 5.51. The zero-order valence-electron chi connectivity index (χ0n) is 12.4. The molecule has 1 amide bonds. The molecule has 3 rings (SSSR count). The summed E-state index contributed by atoms with van der Waals surface area (Å²) < 4.78 is 7.10. The third-order valence-electron chi connectivity index (χ3n) is 3.57. The summed E-state index contributed by atoms with van der Waals surface area (Å²) in [7, 11) is 1.77. The van der Waals surface area contributed by atoms with Crippen molar-refractivity contribution in [1.82, 2.24) is 15.1 Å². The molecule has 0 saturated carbocycles. The summed E-state index contributed by atoms with van der Waals surface area (Å²) in [5, 5.41) is 18.0. The number of aliphatic hydroxyl groups is 1. The molecular weight excluding hydrogens is 282 g/mol. The topological polar surface area (TPSA) is 80.3 Å². The highest BCUT2D eigenvalue weighted by molar-refractivity contribution is 5.96. The van der Waals surface area contributed by atoms with E-state index in [1.54, 1.807) is 43.2 Å². The maximum absolute atomic E-state index is 12.2. The summed E-state index contributed by atoms with van der Waals surface area (Å²) in [5.41, 5.74) is 0.0993. The molecular formula is C16H17N3O3. The van der Waals surface area contributed by atoms with E-state index < -0.39 is 5.60 Å². The number of nitrogens with zero attached hydrogens (tertiary/aromatic N) is 2. The Morgan fingerprint density at radius 3 is 2.91 bits per heavy atom. The van der Waals surface area contributed by atoms with Crippen LogP contribution in [0.1, 0.15) is 23.0 Å². The van der Waals surface area contributed by atoms with Gasteiger partial charge in [0.05, 0.1) is 12.7 Å². The van der Waals surface area contributed by atoms with Crippen molar-refractivity contribution in [2.45, 2.75) is 12.5 Å². The third-order valence-corrected chi connectivity index (χ3v) is 3.57. The molecule has 0 fully saturated rings. The molecule has 1 aromatic carbocycles. The number of aryl methyl sites for hydroxylation is 1. The van der Waals surface area contributed by atoms with Gasteiger partial charge >= 0.3 is 0 Å². The first kappa shape index (κ1) is 14.3. The summed E-state index contributed by atoms with van der Waals surface area (Å²) in [6, 6.07) is 9.09. The highest BCUT2D eigenvalue weighted by Crippen LogP contribution is 2.20. The number of carbonyl (C=O) groups is 1. The van der Waals surface area contributed by atoms with Gasteiger partial charge in [-0.1, -0.05) is 18.2 Å². The van der Waals surface area contributed by atoms with Crippen LogP contribution in [0.15, 0.2) is 47.1 Å². The zero-order chi connectivity index (χ0) is 15.7. The lowest BCUT2D eigenvalue weighted by Gasteiger charge is -2.21. The Balaban J connectivity index is 1.71. The van der Waals surface area contributed by atoms with Gasteiger partial charge in [0.1, 0.15) is 11.2 Å². The Morgan fingerprint density at radius 2 is 2.23 bits per heavy atom. The lowest BCUT2D eigenvalue weighted by atomic mass is 10.00. The number of aromatic nitrogens is 2. The number of carbonyl (C=O) groups excluding carboxylic acids is 1. The van der Waals surface area contributed by atoms with Crippen LogP contribution in [0.3, 0.4) is 0 Å². The van der Waals surface area contributed by atoms with Crippen LogP contribution in [0.4, 0.5) is 0 Å². The molecule has 0 aliphatic rings. The van der Waals surface area contributed by atoms with Gasteiger partial charge in [-0.05, 0) is 19.1 Å². The van der Waals surface area contributed by atoms with Crippen LogP contribution < -0.4 is 5.32 Å². The molecule has 22 heavy (non-hydrogen) atoms. The number of benzene rings is 1. The van der Waals surface area contributed by atoms with Gasteiger partial charge in [0.25, 0.3) is 5.91 Å². The Labute approximate surface area is 127 Å². The van der Waals surface area contributed by atoms with Gasteiger partial charge in [-0.2, -0.15) is 5.10 Å². The van der Waals surface area contributed by atoms with Crippen molar-refractivity contribution in [3.05, 3.63) is 54.0 Å². The number of fused-ring (bicyclic) bond motifs is 1. The van der Waals surface area contributed by atoms with Crippen molar-refractivity contribution < 1.29 is 14.3 Å². The predicted molar refractivity (Wildman–Crippen MR) is 81.3 cm³/mol. The van der Waals surface area contributed by atoms with Crippen LogP contribution in [-0.2, 0) is 12.6 Å². The second-order valence-corrected chi connectivity index (χ2v) is 5.51. The Hall–Kier alpha value is -2.60. The lowest BCUT2D eigenvalue weighted by molar-refractivity contribution is 0.0519. The van der Waals surface area contributed by atoms with Crippen molar-refractivity contribution in [2.24, 2.45) is 7.05 Å². The minimum atomic E-state index is -1.20. The summed E-state index contributed by atoms with van der Waals surface area (Å²) in [6.07, 6.45) is 3.29. The molecule has 0 saturated heterocycles. The summed E-state index contributed by atoms with van der Waals surface area (Å²) in [4.78, 5) is 12.2. The summed E-state index contributed by atoms with van der Waals surface area (Å²) in [5.74, 6) is -0.136. The molecule has 114 valence electrons. The van der Waals surface area contributed by atoms with Gasteiger partial charge in [-0.3, -0.25) is 9.48 Å². The first-order valence-corrected chi connectivity index (χ1v) is 6.94. The van der Waals surface area contributed by atoms with Gasteiger partial charge in [0.15, 0.2) is 5.76 Å². The van der Waals surface area contributed by atoms with Crippen molar-refractivity contribution in [3.63, 3.8) is 0 Å². The molecule has 3 aromatic rings. The van der Waals surface area contributed by atoms with E-state index >= 15 is 0 Å². The van der Waals surface area contributed by atoms with Crippen molar-refractivity contribution >= 4 is 16.9 Å². The molecule has 2 aromatic heterocycles. The molecule has 0 radical (unpaired) electrons.